The van der Waals surface area contributed by atoms with Crippen LogP contribution in [0.25, 0.3) is 0 Å². The molecular weight excluding hydrogens is 557 g/mol. The predicted molar refractivity (Wildman–Crippen MR) is 188 cm³/mol. The fourth-order valence-electron chi connectivity index (χ4n) is 6.70. The van der Waals surface area contributed by atoms with E-state index in [0.717, 1.165) is 17.8 Å². The fraction of sp³-hybridized carbons (Fsp3) is 0.410. The van der Waals surface area contributed by atoms with E-state index in [1.165, 1.54) is 27.5 Å². The molecular formula is C39H50N2O2Si. The van der Waals surface area contributed by atoms with E-state index in [9.17, 15) is 4.79 Å². The number of ether oxygens (including phenoxy) is 1. The van der Waals surface area contributed by atoms with Crippen LogP contribution in [0.1, 0.15) is 96.2 Å². The van der Waals surface area contributed by atoms with Gasteiger partial charge in [0.1, 0.15) is 6.61 Å². The van der Waals surface area contributed by atoms with E-state index in [0.29, 0.717) is 29.0 Å². The summed E-state index contributed by atoms with van der Waals surface area (Å²) in [4.78, 5) is 22.1. The number of aromatic nitrogens is 1. The van der Waals surface area contributed by atoms with Gasteiger partial charge in [0, 0.05) is 11.6 Å². The highest BCUT2D eigenvalue weighted by Gasteiger charge is 2.41. The number of carbonyl (C=O) groups excluding carboxylic acids is 1. The molecule has 4 nitrogen and oxygen atoms in total. The molecule has 2 aliphatic rings. The summed E-state index contributed by atoms with van der Waals surface area (Å²) in [6.07, 6.45) is 13.1. The molecule has 0 amide bonds. The Balaban J connectivity index is 1.33. The Bertz CT molecular complexity index is 1530. The molecule has 0 bridgehead atoms. The maximum atomic E-state index is 12.5. The summed E-state index contributed by atoms with van der Waals surface area (Å²) in [6, 6.07) is 12.1. The lowest BCUT2D eigenvalue weighted by atomic mass is 9.93. The van der Waals surface area contributed by atoms with Gasteiger partial charge in [-0.25, -0.2) is 9.78 Å². The van der Waals surface area contributed by atoms with Gasteiger partial charge in [0.15, 0.2) is 0 Å². The summed E-state index contributed by atoms with van der Waals surface area (Å²) >= 11 is 0. The molecule has 232 valence electrons. The monoisotopic (exact) mass is 606 g/mol. The third kappa shape index (κ3) is 7.38. The highest BCUT2D eigenvalue weighted by Crippen LogP contribution is 2.49. The maximum absolute atomic E-state index is 12.5. The summed E-state index contributed by atoms with van der Waals surface area (Å²) in [5.74, 6) is 0.710. The number of benzene rings is 1. The lowest BCUT2D eigenvalue weighted by molar-refractivity contribution is -0.139. The van der Waals surface area contributed by atoms with Crippen LogP contribution in [-0.2, 0) is 16.1 Å². The Hall–Kier alpha value is -3.57. The standard InChI is InChI=1S/C39H50N2O2Si/c1-25(2)35-17-13-18-36(26(3)4)38(35)40-23-32-15-12-16-33(41-32)24-43-37(42)19-11-14-31-20-21-34(22-31)44(9,10)39-29(7)27(5)28(6)30(39)8/h11-13,15-23,25-26,31,39H,14,24H2,1-10H3/b19-11+,40-23?. The molecule has 0 N–H and O–H groups in total. The van der Waals surface area contributed by atoms with Crippen LogP contribution in [0.5, 0.6) is 0 Å². The van der Waals surface area contributed by atoms with Crippen molar-refractivity contribution in [3.8, 4) is 0 Å². The van der Waals surface area contributed by atoms with Crippen LogP contribution in [0.15, 0.2) is 99.3 Å². The third-order valence-electron chi connectivity index (χ3n) is 9.52. The normalized spacial score (nSPS) is 17.8. The fourth-order valence-corrected chi connectivity index (χ4v) is 10.8. The van der Waals surface area contributed by atoms with Crippen LogP contribution < -0.4 is 0 Å². The average molecular weight is 607 g/mol. The zero-order valence-corrected chi connectivity index (χ0v) is 29.4. The van der Waals surface area contributed by atoms with Crippen LogP contribution in [0.2, 0.25) is 18.6 Å². The smallest absolute Gasteiger partial charge is 0.330 e. The Labute approximate surface area is 266 Å². The average Bonchev–Trinajstić information content (AvgIpc) is 3.54. The molecule has 2 aliphatic carbocycles. The minimum absolute atomic E-state index is 0.123. The van der Waals surface area contributed by atoms with Crippen molar-refractivity contribution in [2.45, 2.75) is 98.9 Å². The molecule has 1 heterocycles. The van der Waals surface area contributed by atoms with Crippen molar-refractivity contribution >= 4 is 25.9 Å². The molecule has 44 heavy (non-hydrogen) atoms. The largest absolute Gasteiger partial charge is 0.456 e. The third-order valence-corrected chi connectivity index (χ3v) is 13.6. The number of pyridine rings is 1. The molecule has 0 radical (unpaired) electrons. The van der Waals surface area contributed by atoms with Gasteiger partial charge < -0.3 is 4.74 Å². The summed E-state index contributed by atoms with van der Waals surface area (Å²) < 4.78 is 5.53. The highest BCUT2D eigenvalue weighted by atomic mass is 28.3. The van der Waals surface area contributed by atoms with Gasteiger partial charge in [-0.2, -0.15) is 0 Å². The van der Waals surface area contributed by atoms with Crippen molar-refractivity contribution in [2.24, 2.45) is 10.9 Å². The van der Waals surface area contributed by atoms with Gasteiger partial charge in [0.25, 0.3) is 0 Å². The second kappa shape index (κ2) is 14.0. The number of para-hydroxylation sites is 1. The number of hydrogen-bond acceptors (Lipinski definition) is 4. The zero-order valence-electron chi connectivity index (χ0n) is 28.4. The maximum Gasteiger partial charge on any atom is 0.330 e. The lowest BCUT2D eigenvalue weighted by Gasteiger charge is -2.33. The Kier molecular flexibility index (Phi) is 10.6. The second-order valence-electron chi connectivity index (χ2n) is 13.6. The zero-order chi connectivity index (χ0) is 32.2. The Morgan fingerprint density at radius 3 is 2.18 bits per heavy atom. The SMILES string of the molecule is CC1=C(C)C([Si](C)(C)C2=CC(C/C=C/C(=O)OCc3cccc(C=Nc4c(C(C)C)cccc4C(C)C)n3)C=C2)C(C)=C1C. The topological polar surface area (TPSA) is 51.5 Å². The van der Waals surface area contributed by atoms with E-state index in [4.69, 9.17) is 9.73 Å². The van der Waals surface area contributed by atoms with E-state index in [-0.39, 0.29) is 12.6 Å². The number of carbonyl (C=O) groups is 1. The second-order valence-corrected chi connectivity index (χ2v) is 18.2. The van der Waals surface area contributed by atoms with Gasteiger partial charge in [-0.15, -0.1) is 0 Å². The molecule has 0 spiro atoms. The van der Waals surface area contributed by atoms with Crippen LogP contribution in [-0.4, -0.2) is 25.2 Å². The Morgan fingerprint density at radius 2 is 1.57 bits per heavy atom. The van der Waals surface area contributed by atoms with Crippen molar-refractivity contribution < 1.29 is 9.53 Å². The molecule has 2 aromatic rings. The van der Waals surface area contributed by atoms with Gasteiger partial charge in [-0.3, -0.25) is 4.99 Å². The van der Waals surface area contributed by atoms with Gasteiger partial charge >= 0.3 is 5.97 Å². The first-order chi connectivity index (χ1) is 20.8. The van der Waals surface area contributed by atoms with Crippen molar-refractivity contribution in [1.29, 1.82) is 0 Å². The van der Waals surface area contributed by atoms with E-state index < -0.39 is 8.07 Å². The van der Waals surface area contributed by atoms with Crippen LogP contribution in [0.4, 0.5) is 5.69 Å². The molecule has 5 heteroatoms. The summed E-state index contributed by atoms with van der Waals surface area (Å²) in [6.45, 7) is 23.0. The van der Waals surface area contributed by atoms with Crippen molar-refractivity contribution in [3.63, 3.8) is 0 Å². The molecule has 0 saturated carbocycles. The number of hydrogen-bond donors (Lipinski definition) is 0. The molecule has 0 saturated heterocycles. The van der Waals surface area contributed by atoms with Crippen LogP contribution in [0.3, 0.4) is 0 Å². The van der Waals surface area contributed by atoms with Crippen LogP contribution in [0, 0.1) is 5.92 Å². The molecule has 1 aromatic carbocycles. The van der Waals surface area contributed by atoms with Crippen molar-refractivity contribution in [2.75, 3.05) is 0 Å². The van der Waals surface area contributed by atoms with Gasteiger partial charge in [0.05, 0.1) is 31.4 Å². The summed E-state index contributed by atoms with van der Waals surface area (Å²) in [5, 5.41) is 1.51. The quantitative estimate of drug-likeness (QED) is 0.111. The van der Waals surface area contributed by atoms with Crippen molar-refractivity contribution in [3.05, 3.63) is 117 Å². The summed E-state index contributed by atoms with van der Waals surface area (Å²) in [7, 11) is -1.72. The molecule has 1 unspecified atom stereocenters. The predicted octanol–water partition coefficient (Wildman–Crippen LogP) is 10.5. The molecule has 0 aliphatic heterocycles. The minimum Gasteiger partial charge on any atom is -0.456 e. The number of allylic oxidation sites excluding steroid dienone is 9. The first kappa shape index (κ1) is 33.3. The van der Waals surface area contributed by atoms with E-state index in [1.807, 2.05) is 30.5 Å². The number of rotatable bonds is 11. The minimum atomic E-state index is -1.72. The first-order valence-electron chi connectivity index (χ1n) is 16.0. The van der Waals surface area contributed by atoms with Crippen LogP contribution >= 0.6 is 0 Å². The van der Waals surface area contributed by atoms with Gasteiger partial charge in [-0.05, 0) is 86.3 Å². The van der Waals surface area contributed by atoms with E-state index in [2.05, 4.69) is 110 Å². The van der Waals surface area contributed by atoms with Gasteiger partial charge in [0.2, 0.25) is 0 Å². The number of aliphatic imine (C=N–C) groups is 1. The molecule has 4 rings (SSSR count). The van der Waals surface area contributed by atoms with E-state index >= 15 is 0 Å². The highest BCUT2D eigenvalue weighted by molar-refractivity contribution is 6.87. The van der Waals surface area contributed by atoms with E-state index in [1.54, 1.807) is 17.2 Å². The number of esters is 1. The molecule has 1 atom stereocenters. The first-order valence-corrected chi connectivity index (χ1v) is 19.1. The lowest BCUT2D eigenvalue weighted by Crippen LogP contribution is -2.35. The number of nitrogens with zero attached hydrogens (tertiary/aromatic N) is 2. The molecule has 1 aromatic heterocycles. The summed E-state index contributed by atoms with van der Waals surface area (Å²) in [5.41, 5.74) is 11.5. The Morgan fingerprint density at radius 1 is 0.955 bits per heavy atom. The molecule has 0 fully saturated rings. The van der Waals surface area contributed by atoms with Gasteiger partial charge in [-0.1, -0.05) is 106 Å². The van der Waals surface area contributed by atoms with Crippen molar-refractivity contribution in [1.82, 2.24) is 4.98 Å².